The van der Waals surface area contributed by atoms with E-state index in [1.54, 1.807) is 17.1 Å². The molecule has 4 nitrogen and oxygen atoms in total. The normalized spacial score (nSPS) is 18.4. The van der Waals surface area contributed by atoms with Gasteiger partial charge in [0.05, 0.1) is 12.5 Å². The van der Waals surface area contributed by atoms with Crippen LogP contribution in [0.5, 0.6) is 0 Å². The molecule has 1 aliphatic rings. The number of carbonyl (C=O) groups excluding carboxylic acids is 1. The highest BCUT2D eigenvalue weighted by Gasteiger charge is 2.23. The summed E-state index contributed by atoms with van der Waals surface area (Å²) < 4.78 is 1.80. The van der Waals surface area contributed by atoms with Crippen LogP contribution in [0.4, 0.5) is 0 Å². The Morgan fingerprint density at radius 2 is 2.29 bits per heavy atom. The molecule has 0 bridgehead atoms. The van der Waals surface area contributed by atoms with Gasteiger partial charge in [0.25, 0.3) is 0 Å². The van der Waals surface area contributed by atoms with Crippen molar-refractivity contribution in [2.75, 3.05) is 13.1 Å². The molecule has 0 amide bonds. The first-order valence-corrected chi connectivity index (χ1v) is 5.00. The number of piperidine rings is 1. The monoisotopic (exact) mass is 193 g/mol. The van der Waals surface area contributed by atoms with Crippen LogP contribution in [0, 0.1) is 5.92 Å². The Hall–Kier alpha value is -1.16. The van der Waals surface area contributed by atoms with Gasteiger partial charge in [-0.25, -0.2) is 4.98 Å². The quantitative estimate of drug-likeness (QED) is 0.700. The number of nitrogens with one attached hydrogen (secondary N) is 1. The zero-order valence-electron chi connectivity index (χ0n) is 8.36. The van der Waals surface area contributed by atoms with E-state index in [-0.39, 0.29) is 11.7 Å². The van der Waals surface area contributed by atoms with E-state index in [2.05, 4.69) is 10.3 Å². The first-order chi connectivity index (χ1) is 6.79. The maximum Gasteiger partial charge on any atom is 0.183 e. The van der Waals surface area contributed by atoms with Crippen molar-refractivity contribution in [2.45, 2.75) is 12.8 Å². The molecule has 0 radical (unpaired) electrons. The topological polar surface area (TPSA) is 46.9 Å². The number of ketones is 1. The summed E-state index contributed by atoms with van der Waals surface area (Å²) in [6.45, 7) is 1.91. The van der Waals surface area contributed by atoms with Gasteiger partial charge in [0.15, 0.2) is 5.78 Å². The summed E-state index contributed by atoms with van der Waals surface area (Å²) in [7, 11) is 1.86. The van der Waals surface area contributed by atoms with Gasteiger partial charge in [-0.3, -0.25) is 4.79 Å². The van der Waals surface area contributed by atoms with Gasteiger partial charge in [0, 0.05) is 13.0 Å². The molecule has 0 aromatic carbocycles. The molecule has 1 saturated heterocycles. The summed E-state index contributed by atoms with van der Waals surface area (Å²) in [6.07, 6.45) is 5.23. The molecule has 1 aliphatic heterocycles. The van der Waals surface area contributed by atoms with Crippen molar-refractivity contribution in [2.24, 2.45) is 13.0 Å². The van der Waals surface area contributed by atoms with E-state index in [1.807, 2.05) is 7.05 Å². The molecule has 14 heavy (non-hydrogen) atoms. The Kier molecular flexibility index (Phi) is 2.63. The van der Waals surface area contributed by atoms with E-state index in [0.717, 1.165) is 31.6 Å². The largest absolute Gasteiger partial charge is 0.331 e. The number of aromatic nitrogens is 2. The number of Topliss-reactive ketones (excluding diaryl/α,β-unsaturated/α-hetero) is 1. The third kappa shape index (κ3) is 1.70. The number of imidazole rings is 1. The fourth-order valence-corrected chi connectivity index (χ4v) is 1.89. The fourth-order valence-electron chi connectivity index (χ4n) is 1.89. The molecule has 4 heteroatoms. The molecule has 0 spiro atoms. The van der Waals surface area contributed by atoms with Gasteiger partial charge < -0.3 is 9.88 Å². The second kappa shape index (κ2) is 3.92. The second-order valence-corrected chi connectivity index (χ2v) is 3.78. The summed E-state index contributed by atoms with van der Waals surface area (Å²) >= 11 is 0. The zero-order chi connectivity index (χ0) is 9.97. The summed E-state index contributed by atoms with van der Waals surface area (Å²) in [5.41, 5.74) is 0.733. The van der Waals surface area contributed by atoms with E-state index in [9.17, 15) is 4.79 Å². The van der Waals surface area contributed by atoms with Crippen molar-refractivity contribution in [3.05, 3.63) is 18.2 Å². The molecule has 1 aromatic heterocycles. The lowest BCUT2D eigenvalue weighted by Crippen LogP contribution is -2.32. The molecule has 76 valence electrons. The fraction of sp³-hybridized carbons (Fsp3) is 0.600. The van der Waals surface area contributed by atoms with Crippen LogP contribution in [-0.2, 0) is 7.05 Å². The molecular formula is C10H15N3O. The Morgan fingerprint density at radius 1 is 1.57 bits per heavy atom. The highest BCUT2D eigenvalue weighted by Crippen LogP contribution is 2.17. The Balaban J connectivity index is 2.11. The van der Waals surface area contributed by atoms with Crippen LogP contribution < -0.4 is 5.32 Å². The summed E-state index contributed by atoms with van der Waals surface area (Å²) in [5, 5.41) is 3.25. The third-order valence-corrected chi connectivity index (χ3v) is 2.78. The minimum absolute atomic E-state index is 0.187. The van der Waals surface area contributed by atoms with Crippen LogP contribution in [0.1, 0.15) is 23.3 Å². The lowest BCUT2D eigenvalue weighted by Gasteiger charge is -2.21. The van der Waals surface area contributed by atoms with Gasteiger partial charge in [0.1, 0.15) is 5.69 Å². The molecule has 2 rings (SSSR count). The average molecular weight is 193 g/mol. The molecule has 0 aliphatic carbocycles. The number of hydrogen-bond donors (Lipinski definition) is 1. The second-order valence-electron chi connectivity index (χ2n) is 3.78. The van der Waals surface area contributed by atoms with Gasteiger partial charge in [-0.15, -0.1) is 0 Å². The van der Waals surface area contributed by atoms with Gasteiger partial charge in [-0.1, -0.05) is 0 Å². The maximum absolute atomic E-state index is 12.0. The molecular weight excluding hydrogens is 178 g/mol. The summed E-state index contributed by atoms with van der Waals surface area (Å²) in [4.78, 5) is 16.0. The number of hydrogen-bond acceptors (Lipinski definition) is 3. The van der Waals surface area contributed by atoms with Crippen LogP contribution in [0.25, 0.3) is 0 Å². The number of carbonyl (C=O) groups is 1. The highest BCUT2D eigenvalue weighted by molar-refractivity contribution is 5.96. The summed E-state index contributed by atoms with van der Waals surface area (Å²) in [5.74, 6) is 0.429. The molecule has 1 N–H and O–H groups in total. The average Bonchev–Trinajstić information content (AvgIpc) is 2.65. The van der Waals surface area contributed by atoms with Crippen molar-refractivity contribution in [3.8, 4) is 0 Å². The number of nitrogens with zero attached hydrogens (tertiary/aromatic N) is 2. The molecule has 0 unspecified atom stereocenters. The molecule has 0 saturated carbocycles. The van der Waals surface area contributed by atoms with Crippen LogP contribution in [0.15, 0.2) is 12.5 Å². The SMILES string of the molecule is Cn1cncc1C(=O)C1CCNCC1. The standard InChI is InChI=1S/C10H15N3O/c1-13-7-12-6-9(13)10(14)8-2-4-11-5-3-8/h6-8,11H,2-5H2,1H3. The van der Waals surface area contributed by atoms with Gasteiger partial charge >= 0.3 is 0 Å². The predicted molar refractivity (Wildman–Crippen MR) is 53.1 cm³/mol. The number of rotatable bonds is 2. The predicted octanol–water partition coefficient (Wildman–Crippen LogP) is 0.602. The minimum atomic E-state index is 0.187. The van der Waals surface area contributed by atoms with Crippen LogP contribution in [0.3, 0.4) is 0 Å². The van der Waals surface area contributed by atoms with Crippen molar-refractivity contribution in [1.29, 1.82) is 0 Å². The third-order valence-electron chi connectivity index (χ3n) is 2.78. The molecule has 2 heterocycles. The molecule has 1 aromatic rings. The summed E-state index contributed by atoms with van der Waals surface area (Å²) in [6, 6.07) is 0. The van der Waals surface area contributed by atoms with Gasteiger partial charge in [-0.2, -0.15) is 0 Å². The van der Waals surface area contributed by atoms with Gasteiger partial charge in [0.2, 0.25) is 0 Å². The lowest BCUT2D eigenvalue weighted by molar-refractivity contribution is 0.0886. The van der Waals surface area contributed by atoms with E-state index in [0.29, 0.717) is 0 Å². The molecule has 0 atom stereocenters. The first kappa shape index (κ1) is 9.40. The highest BCUT2D eigenvalue weighted by atomic mass is 16.1. The van der Waals surface area contributed by atoms with Gasteiger partial charge in [-0.05, 0) is 25.9 Å². The van der Waals surface area contributed by atoms with Crippen molar-refractivity contribution < 1.29 is 4.79 Å². The first-order valence-electron chi connectivity index (χ1n) is 5.00. The Bertz CT molecular complexity index is 326. The van der Waals surface area contributed by atoms with E-state index in [4.69, 9.17) is 0 Å². The zero-order valence-corrected chi connectivity index (χ0v) is 8.36. The van der Waals surface area contributed by atoms with Crippen molar-refractivity contribution in [1.82, 2.24) is 14.9 Å². The van der Waals surface area contributed by atoms with E-state index in [1.165, 1.54) is 0 Å². The number of aryl methyl sites for hydroxylation is 1. The van der Waals surface area contributed by atoms with E-state index >= 15 is 0 Å². The Labute approximate surface area is 83.3 Å². The lowest BCUT2D eigenvalue weighted by atomic mass is 9.92. The Morgan fingerprint density at radius 3 is 2.86 bits per heavy atom. The molecule has 1 fully saturated rings. The van der Waals surface area contributed by atoms with Crippen LogP contribution >= 0.6 is 0 Å². The van der Waals surface area contributed by atoms with Crippen molar-refractivity contribution >= 4 is 5.78 Å². The van der Waals surface area contributed by atoms with E-state index < -0.39 is 0 Å². The maximum atomic E-state index is 12.0. The smallest absolute Gasteiger partial charge is 0.183 e. The minimum Gasteiger partial charge on any atom is -0.331 e. The van der Waals surface area contributed by atoms with Crippen molar-refractivity contribution in [3.63, 3.8) is 0 Å². The van der Waals surface area contributed by atoms with Crippen LogP contribution in [-0.4, -0.2) is 28.4 Å². The van der Waals surface area contributed by atoms with Crippen LogP contribution in [0.2, 0.25) is 0 Å².